The van der Waals surface area contributed by atoms with Crippen LogP contribution in [-0.4, -0.2) is 16.6 Å². The summed E-state index contributed by atoms with van der Waals surface area (Å²) in [5, 5.41) is 10.8. The van der Waals surface area contributed by atoms with Gasteiger partial charge in [-0.25, -0.2) is 0 Å². The standard InChI is InChI=1S/C22H21N3S2/c26-22(24-13-16-7-2-1-3-8-16)25-15-19(21-11-6-12-27-21)18-14-23-20-10-5-4-9-17(18)20/h1-12,14,19,23H,13,15H2,(H2,24,25,26). The number of fused-ring (bicyclic) bond motifs is 1. The second-order valence-electron chi connectivity index (χ2n) is 6.41. The Labute approximate surface area is 168 Å². The fourth-order valence-electron chi connectivity index (χ4n) is 3.27. The third kappa shape index (κ3) is 4.21. The number of rotatable bonds is 6. The van der Waals surface area contributed by atoms with Crippen molar-refractivity contribution in [2.45, 2.75) is 12.5 Å². The van der Waals surface area contributed by atoms with Gasteiger partial charge in [0.25, 0.3) is 0 Å². The smallest absolute Gasteiger partial charge is 0.166 e. The number of nitrogens with one attached hydrogen (secondary N) is 3. The Bertz CT molecular complexity index is 1010. The van der Waals surface area contributed by atoms with Crippen molar-refractivity contribution in [3.8, 4) is 0 Å². The van der Waals surface area contributed by atoms with E-state index in [4.69, 9.17) is 12.2 Å². The van der Waals surface area contributed by atoms with Gasteiger partial charge in [-0.15, -0.1) is 11.3 Å². The van der Waals surface area contributed by atoms with Crippen molar-refractivity contribution in [2.24, 2.45) is 0 Å². The number of aromatic nitrogens is 1. The van der Waals surface area contributed by atoms with Gasteiger partial charge in [-0.05, 0) is 40.9 Å². The van der Waals surface area contributed by atoms with Gasteiger partial charge in [-0.1, -0.05) is 54.6 Å². The molecule has 0 saturated carbocycles. The molecule has 0 aliphatic carbocycles. The van der Waals surface area contributed by atoms with Gasteiger partial charge < -0.3 is 15.6 Å². The molecule has 0 bridgehead atoms. The fraction of sp³-hybridized carbons (Fsp3) is 0.136. The Hall–Kier alpha value is -2.63. The first-order valence-electron chi connectivity index (χ1n) is 8.96. The van der Waals surface area contributed by atoms with E-state index < -0.39 is 0 Å². The first kappa shape index (κ1) is 17.8. The van der Waals surface area contributed by atoms with E-state index in [-0.39, 0.29) is 5.92 Å². The van der Waals surface area contributed by atoms with Crippen molar-refractivity contribution < 1.29 is 0 Å². The third-order valence-corrected chi connectivity index (χ3v) is 5.92. The quantitative estimate of drug-likeness (QED) is 0.404. The molecule has 1 atom stereocenters. The zero-order chi connectivity index (χ0) is 18.5. The lowest BCUT2D eigenvalue weighted by atomic mass is 9.97. The molecule has 0 aliphatic heterocycles. The van der Waals surface area contributed by atoms with Crippen LogP contribution in [0.25, 0.3) is 10.9 Å². The number of benzene rings is 2. The largest absolute Gasteiger partial charge is 0.362 e. The lowest BCUT2D eigenvalue weighted by Crippen LogP contribution is -2.37. The maximum atomic E-state index is 5.50. The summed E-state index contributed by atoms with van der Waals surface area (Å²) in [5.41, 5.74) is 3.68. The average Bonchev–Trinajstić information content (AvgIpc) is 3.38. The van der Waals surface area contributed by atoms with E-state index in [9.17, 15) is 0 Å². The predicted molar refractivity (Wildman–Crippen MR) is 118 cm³/mol. The highest BCUT2D eigenvalue weighted by molar-refractivity contribution is 7.80. The Kier molecular flexibility index (Phi) is 5.51. The summed E-state index contributed by atoms with van der Waals surface area (Å²) in [6.07, 6.45) is 2.12. The molecular weight excluding hydrogens is 370 g/mol. The number of thiocarbonyl (C=S) groups is 1. The van der Waals surface area contributed by atoms with Crippen LogP contribution in [0, 0.1) is 0 Å². The van der Waals surface area contributed by atoms with Gasteiger partial charge in [0.2, 0.25) is 0 Å². The highest BCUT2D eigenvalue weighted by atomic mass is 32.1. The van der Waals surface area contributed by atoms with Gasteiger partial charge in [0.1, 0.15) is 0 Å². The summed E-state index contributed by atoms with van der Waals surface area (Å²) in [7, 11) is 0. The third-order valence-electron chi connectivity index (χ3n) is 4.65. The molecule has 0 radical (unpaired) electrons. The minimum Gasteiger partial charge on any atom is -0.362 e. The highest BCUT2D eigenvalue weighted by Gasteiger charge is 2.19. The molecule has 0 spiro atoms. The number of aromatic amines is 1. The molecule has 0 saturated heterocycles. The van der Waals surface area contributed by atoms with Crippen molar-refractivity contribution in [1.29, 1.82) is 0 Å². The monoisotopic (exact) mass is 391 g/mol. The van der Waals surface area contributed by atoms with Crippen LogP contribution in [0.4, 0.5) is 0 Å². The summed E-state index contributed by atoms with van der Waals surface area (Å²) >= 11 is 7.28. The van der Waals surface area contributed by atoms with Gasteiger partial charge in [0.15, 0.2) is 5.11 Å². The van der Waals surface area contributed by atoms with E-state index in [2.05, 4.69) is 75.7 Å². The summed E-state index contributed by atoms with van der Waals surface area (Å²) in [4.78, 5) is 4.72. The maximum Gasteiger partial charge on any atom is 0.166 e. The van der Waals surface area contributed by atoms with Crippen LogP contribution in [0.1, 0.15) is 21.9 Å². The Morgan fingerprint density at radius 3 is 2.59 bits per heavy atom. The van der Waals surface area contributed by atoms with E-state index in [1.165, 1.54) is 26.9 Å². The van der Waals surface area contributed by atoms with Crippen LogP contribution in [0.5, 0.6) is 0 Å². The first-order valence-corrected chi connectivity index (χ1v) is 10.2. The van der Waals surface area contributed by atoms with Crippen molar-refractivity contribution in [2.75, 3.05) is 6.54 Å². The highest BCUT2D eigenvalue weighted by Crippen LogP contribution is 2.32. The van der Waals surface area contributed by atoms with Crippen LogP contribution < -0.4 is 10.6 Å². The molecule has 2 heterocycles. The molecule has 1 unspecified atom stereocenters. The Morgan fingerprint density at radius 2 is 1.78 bits per heavy atom. The molecule has 3 N–H and O–H groups in total. The van der Waals surface area contributed by atoms with Crippen molar-refractivity contribution in [3.63, 3.8) is 0 Å². The molecule has 27 heavy (non-hydrogen) atoms. The van der Waals surface area contributed by atoms with E-state index >= 15 is 0 Å². The molecule has 4 aromatic rings. The van der Waals surface area contributed by atoms with Crippen LogP contribution in [0.15, 0.2) is 78.3 Å². The van der Waals surface area contributed by atoms with E-state index in [1.54, 1.807) is 11.3 Å². The normalized spacial score (nSPS) is 12.0. The average molecular weight is 392 g/mol. The second kappa shape index (κ2) is 8.37. The summed E-state index contributed by atoms with van der Waals surface area (Å²) in [6.45, 7) is 1.48. The van der Waals surface area contributed by atoms with Gasteiger partial charge in [-0.3, -0.25) is 0 Å². The van der Waals surface area contributed by atoms with Crippen molar-refractivity contribution >= 4 is 39.6 Å². The number of hydrogen-bond donors (Lipinski definition) is 3. The van der Waals surface area contributed by atoms with Crippen LogP contribution in [0.3, 0.4) is 0 Å². The maximum absolute atomic E-state index is 5.50. The molecule has 2 aromatic carbocycles. The molecule has 4 rings (SSSR count). The molecule has 0 aliphatic rings. The van der Waals surface area contributed by atoms with Crippen LogP contribution in [0.2, 0.25) is 0 Å². The molecular formula is C22H21N3S2. The fourth-order valence-corrected chi connectivity index (χ4v) is 4.27. The van der Waals surface area contributed by atoms with E-state index in [0.717, 1.165) is 13.1 Å². The minimum absolute atomic E-state index is 0.248. The van der Waals surface area contributed by atoms with E-state index in [1.807, 2.05) is 18.2 Å². The lowest BCUT2D eigenvalue weighted by molar-refractivity contribution is 0.752. The summed E-state index contributed by atoms with van der Waals surface area (Å²) in [6, 6.07) is 23.0. The second-order valence-corrected chi connectivity index (χ2v) is 7.79. The molecule has 5 heteroatoms. The number of hydrogen-bond acceptors (Lipinski definition) is 2. The zero-order valence-corrected chi connectivity index (χ0v) is 16.4. The Balaban J connectivity index is 1.47. The molecule has 3 nitrogen and oxygen atoms in total. The minimum atomic E-state index is 0.248. The number of thiophene rings is 1. The number of H-pyrrole nitrogens is 1. The topological polar surface area (TPSA) is 39.8 Å². The van der Waals surface area contributed by atoms with Gasteiger partial charge in [0, 0.05) is 41.0 Å². The summed E-state index contributed by atoms with van der Waals surface area (Å²) in [5.74, 6) is 0.248. The Morgan fingerprint density at radius 1 is 0.963 bits per heavy atom. The SMILES string of the molecule is S=C(NCc1ccccc1)NCC(c1cccs1)c1c[nH]c2ccccc12. The molecule has 0 fully saturated rings. The van der Waals surface area contributed by atoms with Crippen LogP contribution in [-0.2, 0) is 6.54 Å². The zero-order valence-electron chi connectivity index (χ0n) is 14.8. The van der Waals surface area contributed by atoms with Crippen molar-refractivity contribution in [3.05, 3.63) is 94.3 Å². The van der Waals surface area contributed by atoms with Gasteiger partial charge >= 0.3 is 0 Å². The summed E-state index contributed by atoms with van der Waals surface area (Å²) < 4.78 is 0. The molecule has 0 amide bonds. The van der Waals surface area contributed by atoms with Crippen molar-refractivity contribution in [1.82, 2.24) is 15.6 Å². The van der Waals surface area contributed by atoms with Gasteiger partial charge in [-0.2, -0.15) is 0 Å². The molecule has 136 valence electrons. The predicted octanol–water partition coefficient (Wildman–Crippen LogP) is 5.03. The van der Waals surface area contributed by atoms with Gasteiger partial charge in [0.05, 0.1) is 0 Å². The van der Waals surface area contributed by atoms with Crippen LogP contribution >= 0.6 is 23.6 Å². The first-order chi connectivity index (χ1) is 13.3. The lowest BCUT2D eigenvalue weighted by Gasteiger charge is -2.18. The van der Waals surface area contributed by atoms with E-state index in [0.29, 0.717) is 5.11 Å². The molecule has 2 aromatic heterocycles. The number of para-hydroxylation sites is 1.